The van der Waals surface area contributed by atoms with Gasteiger partial charge in [0.1, 0.15) is 23.8 Å². The summed E-state index contributed by atoms with van der Waals surface area (Å²) >= 11 is 0. The van der Waals surface area contributed by atoms with Crippen molar-refractivity contribution in [3.8, 4) is 0 Å². The van der Waals surface area contributed by atoms with Gasteiger partial charge < -0.3 is 20.7 Å². The number of nitrogens with one attached hydrogen (secondary N) is 3. The largest absolute Gasteiger partial charge is 0.481 e. The number of hydrogen-bond donors (Lipinski definition) is 4. The molecule has 19 heavy (non-hydrogen) atoms. The molecule has 2 aromatic rings. The summed E-state index contributed by atoms with van der Waals surface area (Å²) in [6, 6.07) is 5.27. The average molecular weight is 261 g/mol. The van der Waals surface area contributed by atoms with Crippen molar-refractivity contribution in [1.29, 1.82) is 0 Å². The fourth-order valence-corrected chi connectivity index (χ4v) is 1.62. The number of aromatic amines is 1. The van der Waals surface area contributed by atoms with Crippen molar-refractivity contribution in [2.45, 2.75) is 19.4 Å². The Labute approximate surface area is 110 Å². The molecule has 7 nitrogen and oxygen atoms in total. The minimum atomic E-state index is -0.848. The Morgan fingerprint density at radius 1 is 1.47 bits per heavy atom. The molecule has 0 fully saturated rings. The van der Waals surface area contributed by atoms with E-state index in [4.69, 9.17) is 5.11 Å². The number of anilines is 3. The van der Waals surface area contributed by atoms with Gasteiger partial charge in [-0.1, -0.05) is 0 Å². The quantitative estimate of drug-likeness (QED) is 0.632. The lowest BCUT2D eigenvalue weighted by Crippen LogP contribution is -2.20. The SMILES string of the molecule is CC(CC(=O)O)Nc1cc(Nc2ccc[nH]2)ncn1. The summed E-state index contributed by atoms with van der Waals surface area (Å²) in [4.78, 5) is 21.7. The molecule has 1 unspecified atom stereocenters. The van der Waals surface area contributed by atoms with Crippen LogP contribution in [0.25, 0.3) is 0 Å². The third kappa shape index (κ3) is 3.98. The molecule has 0 bridgehead atoms. The van der Waals surface area contributed by atoms with Crippen LogP contribution < -0.4 is 10.6 Å². The maximum absolute atomic E-state index is 10.6. The summed E-state index contributed by atoms with van der Waals surface area (Å²) < 4.78 is 0. The van der Waals surface area contributed by atoms with Crippen molar-refractivity contribution in [1.82, 2.24) is 15.0 Å². The van der Waals surface area contributed by atoms with Gasteiger partial charge in [0.2, 0.25) is 0 Å². The fraction of sp³-hybridized carbons (Fsp3) is 0.250. The summed E-state index contributed by atoms with van der Waals surface area (Å²) in [7, 11) is 0. The van der Waals surface area contributed by atoms with E-state index >= 15 is 0 Å². The number of carbonyl (C=O) groups is 1. The van der Waals surface area contributed by atoms with Gasteiger partial charge in [0, 0.05) is 18.3 Å². The highest BCUT2D eigenvalue weighted by Crippen LogP contribution is 2.15. The van der Waals surface area contributed by atoms with E-state index in [-0.39, 0.29) is 12.5 Å². The molecule has 0 radical (unpaired) electrons. The first-order chi connectivity index (χ1) is 9.13. The topological polar surface area (TPSA) is 103 Å². The van der Waals surface area contributed by atoms with Gasteiger partial charge in [0.05, 0.1) is 6.42 Å². The van der Waals surface area contributed by atoms with Crippen LogP contribution in [0.4, 0.5) is 17.5 Å². The Morgan fingerprint density at radius 3 is 2.95 bits per heavy atom. The Balaban J connectivity index is 2.00. The van der Waals surface area contributed by atoms with Crippen molar-refractivity contribution in [2.75, 3.05) is 10.6 Å². The lowest BCUT2D eigenvalue weighted by molar-refractivity contribution is -0.137. The van der Waals surface area contributed by atoms with Crippen LogP contribution in [0.3, 0.4) is 0 Å². The maximum Gasteiger partial charge on any atom is 0.305 e. The average Bonchev–Trinajstić information content (AvgIpc) is 2.81. The van der Waals surface area contributed by atoms with Gasteiger partial charge in [0.15, 0.2) is 0 Å². The number of rotatable bonds is 6. The van der Waals surface area contributed by atoms with Gasteiger partial charge in [-0.2, -0.15) is 0 Å². The molecule has 100 valence electrons. The Morgan fingerprint density at radius 2 is 2.26 bits per heavy atom. The predicted octanol–water partition coefficient (Wildman–Crippen LogP) is 1.82. The van der Waals surface area contributed by atoms with Crippen molar-refractivity contribution in [3.05, 3.63) is 30.7 Å². The van der Waals surface area contributed by atoms with Crippen molar-refractivity contribution in [3.63, 3.8) is 0 Å². The minimum absolute atomic E-state index is 0.0311. The third-order valence-electron chi connectivity index (χ3n) is 2.40. The first-order valence-corrected chi connectivity index (χ1v) is 5.84. The van der Waals surface area contributed by atoms with E-state index in [1.165, 1.54) is 6.33 Å². The molecule has 1 atom stereocenters. The van der Waals surface area contributed by atoms with Crippen molar-refractivity contribution >= 4 is 23.4 Å². The van der Waals surface area contributed by atoms with Crippen LogP contribution in [0.1, 0.15) is 13.3 Å². The fourth-order valence-electron chi connectivity index (χ4n) is 1.62. The van der Waals surface area contributed by atoms with E-state index in [0.717, 1.165) is 5.82 Å². The Kier molecular flexibility index (Phi) is 3.97. The number of hydrogen-bond acceptors (Lipinski definition) is 5. The van der Waals surface area contributed by atoms with Crippen LogP contribution >= 0.6 is 0 Å². The van der Waals surface area contributed by atoms with Crippen LogP contribution in [0, 0.1) is 0 Å². The number of H-pyrrole nitrogens is 1. The van der Waals surface area contributed by atoms with E-state index in [0.29, 0.717) is 11.6 Å². The highest BCUT2D eigenvalue weighted by Gasteiger charge is 2.08. The Bertz CT molecular complexity index is 541. The molecular weight excluding hydrogens is 246 g/mol. The van der Waals surface area contributed by atoms with Gasteiger partial charge in [-0.3, -0.25) is 4.79 Å². The predicted molar refractivity (Wildman–Crippen MR) is 71.4 cm³/mol. The molecule has 0 saturated heterocycles. The summed E-state index contributed by atoms with van der Waals surface area (Å²) in [5.74, 6) is 1.18. The summed E-state index contributed by atoms with van der Waals surface area (Å²) in [5, 5.41) is 14.8. The highest BCUT2D eigenvalue weighted by molar-refractivity contribution is 5.68. The lowest BCUT2D eigenvalue weighted by atomic mass is 10.2. The zero-order valence-corrected chi connectivity index (χ0v) is 10.4. The van der Waals surface area contributed by atoms with E-state index in [2.05, 4.69) is 25.6 Å². The zero-order chi connectivity index (χ0) is 13.7. The van der Waals surface area contributed by atoms with Gasteiger partial charge in [-0.25, -0.2) is 9.97 Å². The van der Waals surface area contributed by atoms with Crippen LogP contribution in [0.2, 0.25) is 0 Å². The van der Waals surface area contributed by atoms with E-state index in [1.54, 1.807) is 19.2 Å². The zero-order valence-electron chi connectivity index (χ0n) is 10.4. The first-order valence-electron chi connectivity index (χ1n) is 5.84. The third-order valence-corrected chi connectivity index (χ3v) is 2.40. The Hall–Kier alpha value is -2.57. The molecule has 4 N–H and O–H groups in total. The molecule has 0 saturated carbocycles. The van der Waals surface area contributed by atoms with Crippen LogP contribution in [0.5, 0.6) is 0 Å². The van der Waals surface area contributed by atoms with Crippen molar-refractivity contribution < 1.29 is 9.90 Å². The molecule has 0 aliphatic rings. The van der Waals surface area contributed by atoms with Crippen LogP contribution in [-0.2, 0) is 4.79 Å². The molecule has 0 aliphatic carbocycles. The molecule has 0 amide bonds. The number of carboxylic acids is 1. The number of aromatic nitrogens is 3. The van der Waals surface area contributed by atoms with Crippen LogP contribution in [0.15, 0.2) is 30.7 Å². The monoisotopic (exact) mass is 261 g/mol. The molecule has 2 rings (SSSR count). The number of aliphatic carboxylic acids is 1. The summed E-state index contributed by atoms with van der Waals surface area (Å²) in [6.45, 7) is 1.79. The number of nitrogens with zero attached hydrogens (tertiary/aromatic N) is 2. The minimum Gasteiger partial charge on any atom is -0.481 e. The summed E-state index contributed by atoms with van der Waals surface area (Å²) in [5.41, 5.74) is 0. The molecular formula is C12H15N5O2. The molecule has 2 aromatic heterocycles. The number of carboxylic acid groups (broad SMARTS) is 1. The van der Waals surface area contributed by atoms with Crippen LogP contribution in [-0.4, -0.2) is 32.1 Å². The normalized spacial score (nSPS) is 11.8. The van der Waals surface area contributed by atoms with E-state index in [9.17, 15) is 4.79 Å². The smallest absolute Gasteiger partial charge is 0.305 e. The summed E-state index contributed by atoms with van der Waals surface area (Å²) in [6.07, 6.45) is 3.25. The van der Waals surface area contributed by atoms with Gasteiger partial charge in [-0.05, 0) is 19.1 Å². The molecule has 0 aromatic carbocycles. The second-order valence-corrected chi connectivity index (χ2v) is 4.14. The first kappa shape index (κ1) is 12.9. The second kappa shape index (κ2) is 5.85. The maximum atomic E-state index is 10.6. The molecule has 0 spiro atoms. The standard InChI is InChI=1S/C12H15N5O2/c1-8(5-12(18)19)16-10-6-11(15-7-14-10)17-9-3-2-4-13-9/h2-4,6-8,13H,5H2,1H3,(H,18,19)(H2,14,15,16,17). The van der Waals surface area contributed by atoms with E-state index in [1.807, 2.05) is 12.1 Å². The van der Waals surface area contributed by atoms with Gasteiger partial charge >= 0.3 is 5.97 Å². The molecule has 7 heteroatoms. The van der Waals surface area contributed by atoms with Gasteiger partial charge in [-0.15, -0.1) is 0 Å². The molecule has 2 heterocycles. The second-order valence-electron chi connectivity index (χ2n) is 4.14. The van der Waals surface area contributed by atoms with E-state index < -0.39 is 5.97 Å². The molecule has 0 aliphatic heterocycles. The van der Waals surface area contributed by atoms with Gasteiger partial charge in [0.25, 0.3) is 0 Å². The lowest BCUT2D eigenvalue weighted by Gasteiger charge is -2.12. The highest BCUT2D eigenvalue weighted by atomic mass is 16.4. The van der Waals surface area contributed by atoms with Crippen molar-refractivity contribution in [2.24, 2.45) is 0 Å².